The summed E-state index contributed by atoms with van der Waals surface area (Å²) in [5.41, 5.74) is 4.93. The molecule has 0 saturated carbocycles. The first-order valence-electron chi connectivity index (χ1n) is 15.4. The minimum absolute atomic E-state index is 0.00345. The van der Waals surface area contributed by atoms with Crippen molar-refractivity contribution in [3.05, 3.63) is 130 Å². The maximum Gasteiger partial charge on any atom is 0.264 e. The highest BCUT2D eigenvalue weighted by molar-refractivity contribution is 7.92. The number of hydrogen-bond acceptors (Lipinski definition) is 4. The van der Waals surface area contributed by atoms with Crippen LogP contribution in [0.3, 0.4) is 0 Å². The summed E-state index contributed by atoms with van der Waals surface area (Å²) in [6.07, 6.45) is 0.976. The highest BCUT2D eigenvalue weighted by Gasteiger charge is 2.35. The Labute approximate surface area is 278 Å². The van der Waals surface area contributed by atoms with Crippen molar-refractivity contribution in [3.8, 4) is 0 Å². The van der Waals surface area contributed by atoms with Crippen molar-refractivity contribution in [3.63, 3.8) is 0 Å². The van der Waals surface area contributed by atoms with Crippen LogP contribution in [-0.4, -0.2) is 43.8 Å². The Hall–Kier alpha value is -4.14. The molecule has 4 aromatic carbocycles. The fourth-order valence-electron chi connectivity index (χ4n) is 5.11. The number of benzene rings is 4. The highest BCUT2D eigenvalue weighted by atomic mass is 35.5. The normalized spacial score (nSPS) is 12.7. The van der Waals surface area contributed by atoms with Crippen LogP contribution in [0.2, 0.25) is 5.02 Å². The van der Waals surface area contributed by atoms with Gasteiger partial charge in [0.2, 0.25) is 11.8 Å². The molecule has 46 heavy (non-hydrogen) atoms. The first-order chi connectivity index (χ1) is 21.9. The summed E-state index contributed by atoms with van der Waals surface area (Å²) in [7, 11) is -4.21. The molecule has 242 valence electrons. The van der Waals surface area contributed by atoms with Crippen molar-refractivity contribution in [2.75, 3.05) is 10.8 Å². The van der Waals surface area contributed by atoms with Gasteiger partial charge in [0.05, 0.1) is 10.6 Å². The van der Waals surface area contributed by atoms with E-state index in [4.69, 9.17) is 11.6 Å². The SMILES string of the molecule is CC[C@H](C)NC(=O)[C@H](Cc1ccccc1)N(Cc1ccccc1C)C(=O)CN(c1ccc(C)c(C)c1)S(=O)(=O)c1ccc(Cl)cc1. The second kappa shape index (κ2) is 15.4. The molecule has 0 saturated heterocycles. The molecule has 4 aromatic rings. The number of sulfonamides is 1. The van der Waals surface area contributed by atoms with Crippen molar-refractivity contribution in [1.82, 2.24) is 10.2 Å². The van der Waals surface area contributed by atoms with E-state index in [2.05, 4.69) is 5.32 Å². The van der Waals surface area contributed by atoms with Gasteiger partial charge in [0.25, 0.3) is 10.0 Å². The number of hydrogen-bond donors (Lipinski definition) is 1. The Balaban J connectivity index is 1.83. The fourth-order valence-corrected chi connectivity index (χ4v) is 6.64. The van der Waals surface area contributed by atoms with E-state index < -0.39 is 28.5 Å². The molecule has 0 aliphatic rings. The molecule has 4 rings (SSSR count). The molecular formula is C37H42ClN3O4S. The molecule has 1 N–H and O–H groups in total. The number of nitrogens with one attached hydrogen (secondary N) is 1. The molecule has 0 radical (unpaired) electrons. The number of nitrogens with zero attached hydrogens (tertiary/aromatic N) is 2. The lowest BCUT2D eigenvalue weighted by Crippen LogP contribution is -2.54. The number of amides is 2. The second-order valence-electron chi connectivity index (χ2n) is 11.7. The van der Waals surface area contributed by atoms with Crippen molar-refractivity contribution in [1.29, 1.82) is 0 Å². The van der Waals surface area contributed by atoms with E-state index in [9.17, 15) is 18.0 Å². The van der Waals surface area contributed by atoms with Gasteiger partial charge < -0.3 is 10.2 Å². The van der Waals surface area contributed by atoms with Crippen LogP contribution in [0.4, 0.5) is 5.69 Å². The Bertz CT molecular complexity index is 1760. The number of carbonyl (C=O) groups is 2. The third-order valence-electron chi connectivity index (χ3n) is 8.33. The van der Waals surface area contributed by atoms with Crippen molar-refractivity contribution < 1.29 is 18.0 Å². The molecule has 0 aliphatic carbocycles. The molecule has 9 heteroatoms. The molecule has 0 aliphatic heterocycles. The van der Waals surface area contributed by atoms with Gasteiger partial charge in [-0.25, -0.2) is 8.42 Å². The van der Waals surface area contributed by atoms with Crippen LogP contribution in [0, 0.1) is 20.8 Å². The largest absolute Gasteiger partial charge is 0.352 e. The summed E-state index contributed by atoms with van der Waals surface area (Å²) >= 11 is 6.08. The number of rotatable bonds is 13. The van der Waals surface area contributed by atoms with E-state index >= 15 is 0 Å². The van der Waals surface area contributed by atoms with Crippen molar-refractivity contribution in [2.24, 2.45) is 0 Å². The summed E-state index contributed by atoms with van der Waals surface area (Å²) in [6, 6.07) is 27.4. The average Bonchev–Trinajstić information content (AvgIpc) is 3.04. The van der Waals surface area contributed by atoms with Crippen LogP contribution >= 0.6 is 11.6 Å². The first kappa shape index (κ1) is 34.7. The van der Waals surface area contributed by atoms with E-state index in [1.807, 2.05) is 95.3 Å². The molecule has 0 unspecified atom stereocenters. The highest BCUT2D eigenvalue weighted by Crippen LogP contribution is 2.28. The number of aryl methyl sites for hydroxylation is 3. The van der Waals surface area contributed by atoms with Gasteiger partial charge in [0.1, 0.15) is 12.6 Å². The zero-order valence-corrected chi connectivity index (χ0v) is 28.6. The molecule has 2 atom stereocenters. The zero-order chi connectivity index (χ0) is 33.4. The van der Waals surface area contributed by atoms with Crippen LogP contribution in [0.5, 0.6) is 0 Å². The van der Waals surface area contributed by atoms with Gasteiger partial charge in [0, 0.05) is 24.0 Å². The lowest BCUT2D eigenvalue weighted by atomic mass is 10.0. The van der Waals surface area contributed by atoms with Gasteiger partial charge in [-0.2, -0.15) is 0 Å². The van der Waals surface area contributed by atoms with Gasteiger partial charge in [-0.15, -0.1) is 0 Å². The maximum absolute atomic E-state index is 14.6. The van der Waals surface area contributed by atoms with E-state index in [1.165, 1.54) is 29.2 Å². The predicted molar refractivity (Wildman–Crippen MR) is 185 cm³/mol. The van der Waals surface area contributed by atoms with E-state index in [-0.39, 0.29) is 29.8 Å². The molecule has 2 amide bonds. The van der Waals surface area contributed by atoms with Crippen LogP contribution in [0.25, 0.3) is 0 Å². The molecule has 0 aromatic heterocycles. The monoisotopic (exact) mass is 659 g/mol. The van der Waals surface area contributed by atoms with Gasteiger partial charge >= 0.3 is 0 Å². The lowest BCUT2D eigenvalue weighted by molar-refractivity contribution is -0.140. The van der Waals surface area contributed by atoms with Gasteiger partial charge in [-0.05, 0) is 98.3 Å². The topological polar surface area (TPSA) is 86.8 Å². The van der Waals surface area contributed by atoms with E-state index in [1.54, 1.807) is 12.1 Å². The third-order valence-corrected chi connectivity index (χ3v) is 10.4. The standard InChI is InChI=1S/C37H42ClN3O4S/c1-6-29(5)39-37(43)35(23-30-13-8-7-9-14-30)40(24-31-15-11-10-12-27(31)3)36(42)25-41(33-19-16-26(2)28(4)22-33)46(44,45)34-20-17-32(38)18-21-34/h7-22,29,35H,6,23-25H2,1-5H3,(H,39,43)/t29-,35-/m0/s1. The Morgan fingerprint density at radius 1 is 0.826 bits per heavy atom. The fraction of sp³-hybridized carbons (Fsp3) is 0.297. The van der Waals surface area contributed by atoms with Gasteiger partial charge in [0.15, 0.2) is 0 Å². The number of anilines is 1. The predicted octanol–water partition coefficient (Wildman–Crippen LogP) is 7.02. The quantitative estimate of drug-likeness (QED) is 0.167. The Kier molecular flexibility index (Phi) is 11.7. The number of carbonyl (C=O) groups excluding carboxylic acids is 2. The average molecular weight is 660 g/mol. The molecule has 7 nitrogen and oxygen atoms in total. The summed E-state index contributed by atoms with van der Waals surface area (Å²) in [5.74, 6) is -0.794. The number of halogens is 1. The van der Waals surface area contributed by atoms with Crippen LogP contribution in [0.1, 0.15) is 48.1 Å². The molecule has 0 fully saturated rings. The van der Waals surface area contributed by atoms with Crippen LogP contribution in [-0.2, 0) is 32.6 Å². The molecular weight excluding hydrogens is 618 g/mol. The van der Waals surface area contributed by atoms with E-state index in [0.717, 1.165) is 38.5 Å². The zero-order valence-electron chi connectivity index (χ0n) is 27.0. The smallest absolute Gasteiger partial charge is 0.264 e. The third kappa shape index (κ3) is 8.56. The molecule has 0 spiro atoms. The van der Waals surface area contributed by atoms with Crippen LogP contribution < -0.4 is 9.62 Å². The summed E-state index contributed by atoms with van der Waals surface area (Å²) in [6.45, 7) is 9.31. The summed E-state index contributed by atoms with van der Waals surface area (Å²) in [4.78, 5) is 30.1. The van der Waals surface area contributed by atoms with Gasteiger partial charge in [-0.1, -0.05) is 79.2 Å². The van der Waals surface area contributed by atoms with Crippen molar-refractivity contribution >= 4 is 39.1 Å². The molecule has 0 heterocycles. The van der Waals surface area contributed by atoms with E-state index in [0.29, 0.717) is 10.7 Å². The van der Waals surface area contributed by atoms with Gasteiger partial charge in [-0.3, -0.25) is 13.9 Å². The first-order valence-corrected chi connectivity index (χ1v) is 17.3. The lowest BCUT2D eigenvalue weighted by Gasteiger charge is -2.34. The summed E-state index contributed by atoms with van der Waals surface area (Å²) in [5, 5.41) is 3.47. The molecule has 0 bridgehead atoms. The Morgan fingerprint density at radius 3 is 2.11 bits per heavy atom. The van der Waals surface area contributed by atoms with Crippen molar-refractivity contribution in [2.45, 2.75) is 71.0 Å². The maximum atomic E-state index is 14.6. The minimum atomic E-state index is -4.21. The van der Waals surface area contributed by atoms with Crippen LogP contribution in [0.15, 0.2) is 102 Å². The Morgan fingerprint density at radius 2 is 1.48 bits per heavy atom. The second-order valence-corrected chi connectivity index (χ2v) is 14.0. The summed E-state index contributed by atoms with van der Waals surface area (Å²) < 4.78 is 29.6. The minimum Gasteiger partial charge on any atom is -0.352 e.